The molecule has 1 aliphatic carbocycles. The number of nitrogens with zero attached hydrogens (tertiary/aromatic N) is 2. The van der Waals surface area contributed by atoms with Crippen molar-refractivity contribution in [1.82, 2.24) is 15.2 Å². The zero-order valence-electron chi connectivity index (χ0n) is 18.0. The second-order valence-electron chi connectivity index (χ2n) is 8.44. The molecular formula is C27H27N3O2. The minimum atomic E-state index is 0.0678. The van der Waals surface area contributed by atoms with Gasteiger partial charge in [-0.05, 0) is 48.6 Å². The monoisotopic (exact) mass is 425 g/mol. The van der Waals surface area contributed by atoms with Crippen molar-refractivity contribution in [3.8, 4) is 11.6 Å². The minimum Gasteiger partial charge on any atom is -0.439 e. The summed E-state index contributed by atoms with van der Waals surface area (Å²) in [6, 6.07) is 24.4. The lowest BCUT2D eigenvalue weighted by Crippen LogP contribution is -2.44. The molecule has 162 valence electrons. The maximum atomic E-state index is 12.7. The Kier molecular flexibility index (Phi) is 5.88. The van der Waals surface area contributed by atoms with E-state index in [-0.39, 0.29) is 12.1 Å². The van der Waals surface area contributed by atoms with Gasteiger partial charge in [-0.2, -0.15) is 0 Å². The summed E-state index contributed by atoms with van der Waals surface area (Å²) in [5.74, 6) is 1.81. The molecule has 2 heterocycles. The van der Waals surface area contributed by atoms with Crippen molar-refractivity contribution in [2.45, 2.75) is 31.2 Å². The average molecular weight is 426 g/mol. The van der Waals surface area contributed by atoms with Gasteiger partial charge in [-0.1, -0.05) is 60.2 Å². The van der Waals surface area contributed by atoms with Crippen molar-refractivity contribution in [3.05, 3.63) is 95.7 Å². The van der Waals surface area contributed by atoms with Crippen molar-refractivity contribution in [2.75, 3.05) is 13.1 Å². The first kappa shape index (κ1) is 20.3. The molecule has 5 heteroatoms. The van der Waals surface area contributed by atoms with E-state index in [1.165, 1.54) is 11.1 Å². The van der Waals surface area contributed by atoms with E-state index in [4.69, 9.17) is 4.74 Å². The topological polar surface area (TPSA) is 54.5 Å². The molecule has 1 saturated carbocycles. The molecule has 1 aliphatic heterocycles. The summed E-state index contributed by atoms with van der Waals surface area (Å²) in [7, 11) is 0. The summed E-state index contributed by atoms with van der Waals surface area (Å²) in [4.78, 5) is 18.8. The number of nitrogens with one attached hydrogen (secondary N) is 1. The Bertz CT molecular complexity index is 1090. The lowest BCUT2D eigenvalue weighted by atomic mass is 10.0. The van der Waals surface area contributed by atoms with Gasteiger partial charge >= 0.3 is 6.03 Å². The van der Waals surface area contributed by atoms with Crippen LogP contribution in [0.3, 0.4) is 0 Å². The van der Waals surface area contributed by atoms with E-state index in [1.54, 1.807) is 6.20 Å². The number of hydrogen-bond donors (Lipinski definition) is 1. The number of urea groups is 1. The molecule has 0 bridgehead atoms. The predicted molar refractivity (Wildman–Crippen MR) is 126 cm³/mol. The van der Waals surface area contributed by atoms with Gasteiger partial charge in [0.15, 0.2) is 0 Å². The van der Waals surface area contributed by atoms with Gasteiger partial charge in [-0.3, -0.25) is 0 Å². The van der Waals surface area contributed by atoms with Crippen molar-refractivity contribution in [1.29, 1.82) is 0 Å². The summed E-state index contributed by atoms with van der Waals surface area (Å²) < 4.78 is 5.84. The van der Waals surface area contributed by atoms with Crippen LogP contribution in [-0.4, -0.2) is 35.0 Å². The van der Waals surface area contributed by atoms with Crippen LogP contribution in [0.15, 0.2) is 84.6 Å². The summed E-state index contributed by atoms with van der Waals surface area (Å²) in [6.07, 6.45) is 6.76. The lowest BCUT2D eigenvalue weighted by Gasteiger charge is -2.28. The quantitative estimate of drug-likeness (QED) is 0.577. The van der Waals surface area contributed by atoms with Gasteiger partial charge in [0.1, 0.15) is 5.75 Å². The van der Waals surface area contributed by atoms with Crippen LogP contribution >= 0.6 is 0 Å². The third kappa shape index (κ3) is 4.99. The summed E-state index contributed by atoms with van der Waals surface area (Å²) >= 11 is 0. The Balaban J connectivity index is 1.13. The van der Waals surface area contributed by atoms with E-state index < -0.39 is 0 Å². The Morgan fingerprint density at radius 2 is 1.81 bits per heavy atom. The van der Waals surface area contributed by atoms with E-state index in [2.05, 4.69) is 46.7 Å². The summed E-state index contributed by atoms with van der Waals surface area (Å²) in [6.45, 7) is 1.51. The number of carbonyl (C=O) groups is 1. The first-order valence-corrected chi connectivity index (χ1v) is 11.2. The molecule has 2 aliphatic rings. The first-order valence-electron chi connectivity index (χ1n) is 11.2. The zero-order chi connectivity index (χ0) is 21.8. The molecule has 3 aromatic rings. The largest absolute Gasteiger partial charge is 0.439 e. The normalized spacial score (nSPS) is 19.9. The number of pyridine rings is 1. The molecule has 1 N–H and O–H groups in total. The Hall–Kier alpha value is -3.60. The molecule has 1 unspecified atom stereocenters. The van der Waals surface area contributed by atoms with Gasteiger partial charge in [0.05, 0.1) is 0 Å². The molecule has 0 spiro atoms. The zero-order valence-corrected chi connectivity index (χ0v) is 18.0. The van der Waals surface area contributed by atoms with Crippen molar-refractivity contribution in [3.63, 3.8) is 0 Å². The third-order valence-electron chi connectivity index (χ3n) is 6.11. The van der Waals surface area contributed by atoms with Gasteiger partial charge in [-0.15, -0.1) is 0 Å². The fourth-order valence-corrected chi connectivity index (χ4v) is 4.25. The molecule has 1 aromatic heterocycles. The maximum absolute atomic E-state index is 12.7. The molecule has 5 rings (SSSR count). The molecule has 0 radical (unpaired) electrons. The van der Waals surface area contributed by atoms with Crippen molar-refractivity contribution < 1.29 is 9.53 Å². The second-order valence-corrected chi connectivity index (χ2v) is 8.44. The van der Waals surface area contributed by atoms with Crippen LogP contribution in [0.2, 0.25) is 0 Å². The molecule has 2 atom stereocenters. The van der Waals surface area contributed by atoms with Crippen LogP contribution in [0.4, 0.5) is 4.79 Å². The SMILES string of the molecule is O=C(NC1C[C@H]1c1ccccc1)N1CCC(=Cc2cccc(Oc3ccccn3)c2)CC1. The number of amides is 2. The average Bonchev–Trinajstić information content (AvgIpc) is 3.60. The molecule has 2 amide bonds. The van der Waals surface area contributed by atoms with E-state index in [9.17, 15) is 4.79 Å². The van der Waals surface area contributed by atoms with Gasteiger partial charge in [-0.25, -0.2) is 9.78 Å². The number of aromatic nitrogens is 1. The van der Waals surface area contributed by atoms with Gasteiger partial charge in [0.25, 0.3) is 0 Å². The maximum Gasteiger partial charge on any atom is 0.317 e. The number of likely N-dealkylation sites (tertiary alicyclic amines) is 1. The van der Waals surface area contributed by atoms with E-state index in [0.717, 1.165) is 43.7 Å². The minimum absolute atomic E-state index is 0.0678. The van der Waals surface area contributed by atoms with E-state index in [0.29, 0.717) is 11.8 Å². The highest BCUT2D eigenvalue weighted by molar-refractivity contribution is 5.75. The van der Waals surface area contributed by atoms with Crippen LogP contribution in [0.5, 0.6) is 11.6 Å². The molecule has 2 aromatic carbocycles. The molecule has 32 heavy (non-hydrogen) atoms. The highest BCUT2D eigenvalue weighted by Crippen LogP contribution is 2.40. The van der Waals surface area contributed by atoms with Gasteiger partial charge in [0.2, 0.25) is 5.88 Å². The smallest absolute Gasteiger partial charge is 0.317 e. The van der Waals surface area contributed by atoms with Gasteiger partial charge < -0.3 is 15.0 Å². The highest BCUT2D eigenvalue weighted by Gasteiger charge is 2.40. The molecule has 2 fully saturated rings. The predicted octanol–water partition coefficient (Wildman–Crippen LogP) is 5.62. The fraction of sp³-hybridized carbons (Fsp3) is 0.259. The molecule has 5 nitrogen and oxygen atoms in total. The number of rotatable bonds is 5. The van der Waals surface area contributed by atoms with E-state index >= 15 is 0 Å². The number of carbonyl (C=O) groups excluding carboxylic acids is 1. The summed E-state index contributed by atoms with van der Waals surface area (Å²) in [5, 5.41) is 3.21. The van der Waals surface area contributed by atoms with Crippen LogP contribution in [0.25, 0.3) is 6.08 Å². The van der Waals surface area contributed by atoms with Crippen LogP contribution in [0, 0.1) is 0 Å². The Morgan fingerprint density at radius 1 is 1.00 bits per heavy atom. The van der Waals surface area contributed by atoms with E-state index in [1.807, 2.05) is 47.4 Å². The fourth-order valence-electron chi connectivity index (χ4n) is 4.25. The Morgan fingerprint density at radius 3 is 2.59 bits per heavy atom. The molecular weight excluding hydrogens is 398 g/mol. The number of benzene rings is 2. The van der Waals surface area contributed by atoms with Crippen LogP contribution < -0.4 is 10.1 Å². The van der Waals surface area contributed by atoms with Crippen LogP contribution in [-0.2, 0) is 0 Å². The third-order valence-corrected chi connectivity index (χ3v) is 6.11. The van der Waals surface area contributed by atoms with Crippen LogP contribution in [0.1, 0.15) is 36.3 Å². The Labute approximate surface area is 188 Å². The standard InChI is InChI=1S/C27H27N3O2/c31-27(29-25-19-24(25)22-8-2-1-3-9-22)30-15-12-20(13-16-30)17-21-7-6-10-23(18-21)32-26-11-4-5-14-28-26/h1-11,14,17-18,24-25H,12-13,15-16,19H2,(H,29,31)/t24-,25?/m0/s1. The number of piperidine rings is 1. The number of hydrogen-bond acceptors (Lipinski definition) is 3. The van der Waals surface area contributed by atoms with Crippen molar-refractivity contribution in [2.24, 2.45) is 0 Å². The lowest BCUT2D eigenvalue weighted by molar-refractivity contribution is 0.193. The highest BCUT2D eigenvalue weighted by atomic mass is 16.5. The second kappa shape index (κ2) is 9.27. The number of ether oxygens (including phenoxy) is 1. The van der Waals surface area contributed by atoms with Crippen molar-refractivity contribution >= 4 is 12.1 Å². The summed E-state index contributed by atoms with van der Waals surface area (Å²) in [5.41, 5.74) is 3.78. The van der Waals surface area contributed by atoms with Gasteiger partial charge in [0, 0.05) is 37.3 Å². The first-order chi connectivity index (χ1) is 15.7. The molecule has 1 saturated heterocycles.